The highest BCUT2D eigenvalue weighted by molar-refractivity contribution is 6.31. The Balaban J connectivity index is 0.00000210. The number of amides is 1. The number of halogens is 2. The Hall–Kier alpha value is -0.810. The molecule has 3 atom stereocenters. The van der Waals surface area contributed by atoms with Crippen LogP contribution in [0.1, 0.15) is 50.5 Å². The van der Waals surface area contributed by atoms with Crippen LogP contribution in [0.25, 0.3) is 0 Å². The van der Waals surface area contributed by atoms with Crippen LogP contribution in [0.15, 0.2) is 24.3 Å². The van der Waals surface area contributed by atoms with E-state index in [4.69, 9.17) is 16.3 Å². The normalized spacial score (nSPS) is 29.4. The highest BCUT2D eigenvalue weighted by Crippen LogP contribution is 2.38. The van der Waals surface area contributed by atoms with E-state index in [0.717, 1.165) is 29.8 Å². The Bertz CT molecular complexity index is 635. The SMILES string of the molecule is Cl.O=C(NCC1(c2ccccc2Cl)CCOCC1)C1CC2CCCCC2N1. The lowest BCUT2D eigenvalue weighted by Gasteiger charge is -2.38. The maximum absolute atomic E-state index is 12.9. The Morgan fingerprint density at radius 1 is 1.22 bits per heavy atom. The van der Waals surface area contributed by atoms with E-state index in [1.807, 2.05) is 18.2 Å². The second-order valence-corrected chi connectivity index (χ2v) is 8.60. The number of hydrogen-bond donors (Lipinski definition) is 2. The van der Waals surface area contributed by atoms with Crippen molar-refractivity contribution in [3.63, 3.8) is 0 Å². The van der Waals surface area contributed by atoms with Crippen LogP contribution >= 0.6 is 24.0 Å². The maximum Gasteiger partial charge on any atom is 0.237 e. The van der Waals surface area contributed by atoms with Gasteiger partial charge in [-0.3, -0.25) is 4.79 Å². The first-order valence-electron chi connectivity index (χ1n) is 10.0. The molecule has 1 aromatic carbocycles. The summed E-state index contributed by atoms with van der Waals surface area (Å²) in [6.45, 7) is 2.06. The van der Waals surface area contributed by atoms with E-state index in [0.29, 0.717) is 31.7 Å². The smallest absolute Gasteiger partial charge is 0.237 e. The minimum Gasteiger partial charge on any atom is -0.381 e. The largest absolute Gasteiger partial charge is 0.381 e. The second-order valence-electron chi connectivity index (χ2n) is 8.20. The lowest BCUT2D eigenvalue weighted by Crippen LogP contribution is -2.49. The molecule has 1 amide bonds. The molecule has 1 saturated carbocycles. The van der Waals surface area contributed by atoms with Gasteiger partial charge in [-0.1, -0.05) is 42.6 Å². The summed E-state index contributed by atoms with van der Waals surface area (Å²) in [7, 11) is 0. The van der Waals surface area contributed by atoms with E-state index in [-0.39, 0.29) is 29.8 Å². The number of hydrogen-bond acceptors (Lipinski definition) is 3. The molecule has 0 aromatic heterocycles. The van der Waals surface area contributed by atoms with Crippen LogP contribution < -0.4 is 10.6 Å². The first-order chi connectivity index (χ1) is 12.7. The van der Waals surface area contributed by atoms with Gasteiger partial charge in [0, 0.05) is 36.2 Å². The zero-order chi connectivity index (χ0) is 18.0. The standard InChI is InChI=1S/C21H29ClN2O2.ClH/c22-17-7-3-2-6-16(17)21(9-11-26-12-10-21)14-23-20(25)19-13-15-5-1-4-8-18(15)24-19;/h2-3,6-7,15,18-19,24H,1,4-5,8-14H2,(H,23,25);1H. The van der Waals surface area contributed by atoms with Gasteiger partial charge in [0.1, 0.15) is 0 Å². The van der Waals surface area contributed by atoms with Gasteiger partial charge < -0.3 is 15.4 Å². The molecule has 1 aliphatic carbocycles. The van der Waals surface area contributed by atoms with Crippen LogP contribution in [0.5, 0.6) is 0 Å². The van der Waals surface area contributed by atoms with Gasteiger partial charge in [0.05, 0.1) is 6.04 Å². The third kappa shape index (κ3) is 4.45. The fourth-order valence-corrected chi connectivity index (χ4v) is 5.43. The molecule has 0 radical (unpaired) electrons. The van der Waals surface area contributed by atoms with Crippen molar-refractivity contribution in [3.05, 3.63) is 34.9 Å². The van der Waals surface area contributed by atoms with Crippen molar-refractivity contribution in [2.24, 2.45) is 5.92 Å². The predicted octanol–water partition coefficient (Wildman–Crippen LogP) is 3.85. The summed E-state index contributed by atoms with van der Waals surface area (Å²) < 4.78 is 5.59. The molecule has 150 valence electrons. The van der Waals surface area contributed by atoms with E-state index >= 15 is 0 Å². The van der Waals surface area contributed by atoms with Crippen LogP contribution in [0, 0.1) is 5.92 Å². The van der Waals surface area contributed by atoms with Gasteiger partial charge in [0.15, 0.2) is 0 Å². The number of fused-ring (bicyclic) bond motifs is 1. The van der Waals surface area contributed by atoms with Gasteiger partial charge in [-0.2, -0.15) is 0 Å². The summed E-state index contributed by atoms with van der Waals surface area (Å²) in [4.78, 5) is 12.9. The molecule has 3 fully saturated rings. The average molecular weight is 413 g/mol. The maximum atomic E-state index is 12.9. The van der Waals surface area contributed by atoms with Crippen molar-refractivity contribution in [2.45, 2.75) is 62.4 Å². The Kier molecular flexibility index (Phi) is 7.07. The summed E-state index contributed by atoms with van der Waals surface area (Å²) in [5.41, 5.74) is 1.01. The lowest BCUT2D eigenvalue weighted by atomic mass is 9.74. The summed E-state index contributed by atoms with van der Waals surface area (Å²) in [6, 6.07) is 8.54. The van der Waals surface area contributed by atoms with Gasteiger partial charge in [-0.25, -0.2) is 0 Å². The van der Waals surface area contributed by atoms with Crippen molar-refractivity contribution in [2.75, 3.05) is 19.8 Å². The molecular formula is C21H30Cl2N2O2. The molecule has 0 bridgehead atoms. The fourth-order valence-electron chi connectivity index (χ4n) is 5.10. The minimum absolute atomic E-state index is 0. The molecule has 2 heterocycles. The molecule has 4 rings (SSSR count). The van der Waals surface area contributed by atoms with Gasteiger partial charge >= 0.3 is 0 Å². The monoisotopic (exact) mass is 412 g/mol. The van der Waals surface area contributed by atoms with E-state index in [1.165, 1.54) is 25.7 Å². The van der Waals surface area contributed by atoms with Gasteiger partial charge in [0.2, 0.25) is 5.91 Å². The molecule has 6 heteroatoms. The first kappa shape index (κ1) is 20.9. The molecule has 2 N–H and O–H groups in total. The van der Waals surface area contributed by atoms with E-state index in [9.17, 15) is 4.79 Å². The van der Waals surface area contributed by atoms with Crippen LogP contribution in [0.3, 0.4) is 0 Å². The first-order valence-corrected chi connectivity index (χ1v) is 10.4. The summed E-state index contributed by atoms with van der Waals surface area (Å²) in [6.07, 6.45) is 7.85. The highest BCUT2D eigenvalue weighted by atomic mass is 35.5. The van der Waals surface area contributed by atoms with E-state index < -0.39 is 0 Å². The molecule has 0 spiro atoms. The number of carbonyl (C=O) groups excluding carboxylic acids is 1. The summed E-state index contributed by atoms with van der Waals surface area (Å²) in [5, 5.41) is 7.62. The van der Waals surface area contributed by atoms with Crippen molar-refractivity contribution >= 4 is 29.9 Å². The van der Waals surface area contributed by atoms with Gasteiger partial charge in [0.25, 0.3) is 0 Å². The van der Waals surface area contributed by atoms with Crippen molar-refractivity contribution in [1.82, 2.24) is 10.6 Å². The number of benzene rings is 1. The van der Waals surface area contributed by atoms with Crippen molar-refractivity contribution in [3.8, 4) is 0 Å². The number of ether oxygens (including phenoxy) is 1. The lowest BCUT2D eigenvalue weighted by molar-refractivity contribution is -0.123. The topological polar surface area (TPSA) is 50.4 Å². The third-order valence-electron chi connectivity index (χ3n) is 6.68. The van der Waals surface area contributed by atoms with E-state index in [2.05, 4.69) is 16.7 Å². The summed E-state index contributed by atoms with van der Waals surface area (Å²) in [5.74, 6) is 0.831. The van der Waals surface area contributed by atoms with Gasteiger partial charge in [-0.05, 0) is 49.7 Å². The predicted molar refractivity (Wildman–Crippen MR) is 111 cm³/mol. The van der Waals surface area contributed by atoms with Crippen LogP contribution in [0.2, 0.25) is 5.02 Å². The van der Waals surface area contributed by atoms with E-state index in [1.54, 1.807) is 0 Å². The van der Waals surface area contributed by atoms with Crippen LogP contribution in [-0.4, -0.2) is 37.7 Å². The Morgan fingerprint density at radius 2 is 1.96 bits per heavy atom. The zero-order valence-electron chi connectivity index (χ0n) is 15.7. The van der Waals surface area contributed by atoms with Crippen molar-refractivity contribution < 1.29 is 9.53 Å². The molecule has 3 unspecified atom stereocenters. The molecule has 27 heavy (non-hydrogen) atoms. The molecule has 4 nitrogen and oxygen atoms in total. The van der Waals surface area contributed by atoms with Gasteiger partial charge in [-0.15, -0.1) is 12.4 Å². The van der Waals surface area contributed by atoms with Crippen molar-refractivity contribution in [1.29, 1.82) is 0 Å². The quantitative estimate of drug-likeness (QED) is 0.789. The third-order valence-corrected chi connectivity index (χ3v) is 7.00. The molecular weight excluding hydrogens is 383 g/mol. The minimum atomic E-state index is -0.127. The summed E-state index contributed by atoms with van der Waals surface area (Å²) >= 11 is 6.51. The average Bonchev–Trinajstić information content (AvgIpc) is 3.11. The molecule has 3 aliphatic rings. The molecule has 2 aliphatic heterocycles. The highest BCUT2D eigenvalue weighted by Gasteiger charge is 2.40. The van der Waals surface area contributed by atoms with Crippen LogP contribution in [0.4, 0.5) is 0 Å². The Morgan fingerprint density at radius 3 is 2.70 bits per heavy atom. The fraction of sp³-hybridized carbons (Fsp3) is 0.667. The number of carbonyl (C=O) groups is 1. The molecule has 1 aromatic rings. The number of rotatable bonds is 4. The second kappa shape index (κ2) is 9.13. The Labute approximate surface area is 173 Å². The molecule has 2 saturated heterocycles. The van der Waals surface area contributed by atoms with Crippen LogP contribution in [-0.2, 0) is 14.9 Å². The zero-order valence-corrected chi connectivity index (χ0v) is 17.3. The number of nitrogens with one attached hydrogen (secondary N) is 2.